The molecule has 110 valence electrons. The first-order valence-corrected chi connectivity index (χ1v) is 7.47. The molecular formula is C13H15FN6S. The summed E-state index contributed by atoms with van der Waals surface area (Å²) < 4.78 is 13.2. The fraction of sp³-hybridized carbons (Fsp3) is 0.308. The predicted octanol–water partition coefficient (Wildman–Crippen LogP) is 2.05. The molecule has 0 spiro atoms. The number of aromatic nitrogens is 3. The molecule has 0 bridgehead atoms. The summed E-state index contributed by atoms with van der Waals surface area (Å²) in [4.78, 5) is 15.7. The summed E-state index contributed by atoms with van der Waals surface area (Å²) in [5.41, 5.74) is 2.45. The van der Waals surface area contributed by atoms with E-state index in [2.05, 4.69) is 25.3 Å². The molecule has 2 aromatic rings. The van der Waals surface area contributed by atoms with E-state index in [4.69, 9.17) is 5.84 Å². The van der Waals surface area contributed by atoms with E-state index in [0.29, 0.717) is 17.1 Å². The number of nitrogens with one attached hydrogen (secondary N) is 1. The Hall–Kier alpha value is -1.93. The molecule has 3 N–H and O–H groups in total. The molecule has 1 aromatic heterocycles. The largest absolute Gasteiger partial charge is 0.341 e. The number of hydrogen-bond acceptors (Lipinski definition) is 7. The van der Waals surface area contributed by atoms with E-state index in [1.807, 2.05) is 6.07 Å². The highest BCUT2D eigenvalue weighted by Gasteiger charge is 2.17. The van der Waals surface area contributed by atoms with Crippen molar-refractivity contribution in [1.29, 1.82) is 0 Å². The highest BCUT2D eigenvalue weighted by Crippen LogP contribution is 2.27. The molecule has 1 saturated heterocycles. The molecule has 0 radical (unpaired) electrons. The quantitative estimate of drug-likeness (QED) is 0.661. The highest BCUT2D eigenvalue weighted by atomic mass is 32.2. The summed E-state index contributed by atoms with van der Waals surface area (Å²) in [6.45, 7) is 1.86. The highest BCUT2D eigenvalue weighted by molar-refractivity contribution is 7.99. The molecule has 1 aliphatic heterocycles. The van der Waals surface area contributed by atoms with Crippen LogP contribution >= 0.6 is 11.8 Å². The van der Waals surface area contributed by atoms with Crippen LogP contribution in [0.4, 0.5) is 16.3 Å². The third-order valence-electron chi connectivity index (χ3n) is 3.13. The van der Waals surface area contributed by atoms with Crippen LogP contribution in [0.25, 0.3) is 0 Å². The van der Waals surface area contributed by atoms with Crippen LogP contribution in [0.5, 0.6) is 0 Å². The lowest BCUT2D eigenvalue weighted by molar-refractivity contribution is 0.624. The Balaban J connectivity index is 1.88. The Morgan fingerprint density at radius 2 is 2.00 bits per heavy atom. The maximum Gasteiger partial charge on any atom is 0.242 e. The van der Waals surface area contributed by atoms with Gasteiger partial charge in [-0.05, 0) is 42.8 Å². The zero-order valence-corrected chi connectivity index (χ0v) is 12.1. The Labute approximate surface area is 126 Å². The van der Waals surface area contributed by atoms with Crippen molar-refractivity contribution < 1.29 is 4.39 Å². The van der Waals surface area contributed by atoms with Gasteiger partial charge < -0.3 is 4.90 Å². The number of hydrazine groups is 1. The van der Waals surface area contributed by atoms with Gasteiger partial charge in [-0.1, -0.05) is 6.07 Å². The van der Waals surface area contributed by atoms with E-state index in [1.54, 1.807) is 6.07 Å². The van der Waals surface area contributed by atoms with Gasteiger partial charge in [0.2, 0.25) is 11.9 Å². The van der Waals surface area contributed by atoms with Crippen LogP contribution in [-0.4, -0.2) is 28.0 Å². The lowest BCUT2D eigenvalue weighted by atomic mass is 10.4. The molecular weight excluding hydrogens is 291 g/mol. The van der Waals surface area contributed by atoms with Gasteiger partial charge in [0, 0.05) is 18.0 Å². The molecule has 6 nitrogen and oxygen atoms in total. The van der Waals surface area contributed by atoms with Crippen molar-refractivity contribution in [3.8, 4) is 0 Å². The first-order valence-electron chi connectivity index (χ1n) is 6.65. The summed E-state index contributed by atoms with van der Waals surface area (Å²) in [5.74, 6) is 6.04. The average Bonchev–Trinajstić information content (AvgIpc) is 3.01. The lowest BCUT2D eigenvalue weighted by Crippen LogP contribution is -2.22. The van der Waals surface area contributed by atoms with Gasteiger partial charge in [0.05, 0.1) is 0 Å². The van der Waals surface area contributed by atoms with Crippen molar-refractivity contribution in [2.24, 2.45) is 5.84 Å². The van der Waals surface area contributed by atoms with Crippen molar-refractivity contribution in [1.82, 2.24) is 15.0 Å². The average molecular weight is 306 g/mol. The standard InChI is InChI=1S/C13H15FN6S/c14-9-4-3-5-10(8-9)21-13-17-11(19-15)16-12(18-13)20-6-1-2-7-20/h3-5,8H,1-2,6-7,15H2,(H,16,17,18,19). The zero-order chi connectivity index (χ0) is 14.7. The number of nitrogen functional groups attached to an aromatic ring is 1. The molecule has 0 unspecified atom stereocenters. The van der Waals surface area contributed by atoms with E-state index >= 15 is 0 Å². The maximum atomic E-state index is 13.2. The number of nitrogens with two attached hydrogens (primary N) is 1. The van der Waals surface area contributed by atoms with Crippen LogP contribution in [0, 0.1) is 5.82 Å². The molecule has 1 aromatic carbocycles. The summed E-state index contributed by atoms with van der Waals surface area (Å²) in [5, 5.41) is 0.491. The first-order chi connectivity index (χ1) is 10.2. The van der Waals surface area contributed by atoms with Crippen LogP contribution in [-0.2, 0) is 0 Å². The van der Waals surface area contributed by atoms with E-state index < -0.39 is 0 Å². The second-order valence-corrected chi connectivity index (χ2v) is 5.68. The molecule has 3 rings (SSSR count). The summed E-state index contributed by atoms with van der Waals surface area (Å²) in [7, 11) is 0. The minimum absolute atomic E-state index is 0.286. The Bertz CT molecular complexity index is 632. The SMILES string of the molecule is NNc1nc(Sc2cccc(F)c2)nc(N2CCCC2)n1. The second kappa shape index (κ2) is 6.23. The van der Waals surface area contributed by atoms with Gasteiger partial charge in [0.1, 0.15) is 5.82 Å². The van der Waals surface area contributed by atoms with Gasteiger partial charge >= 0.3 is 0 Å². The third-order valence-corrected chi connectivity index (χ3v) is 3.98. The normalized spacial score (nSPS) is 14.5. The van der Waals surface area contributed by atoms with Gasteiger partial charge in [0.15, 0.2) is 5.16 Å². The van der Waals surface area contributed by atoms with Crippen LogP contribution in [0.3, 0.4) is 0 Å². The second-order valence-electron chi connectivity index (χ2n) is 4.64. The van der Waals surface area contributed by atoms with Crippen molar-refractivity contribution in [3.63, 3.8) is 0 Å². The van der Waals surface area contributed by atoms with Crippen LogP contribution in [0.2, 0.25) is 0 Å². The fourth-order valence-corrected chi connectivity index (χ4v) is 2.94. The van der Waals surface area contributed by atoms with Gasteiger partial charge in [-0.2, -0.15) is 15.0 Å². The topological polar surface area (TPSA) is 80.0 Å². The number of nitrogens with zero attached hydrogens (tertiary/aromatic N) is 4. The number of anilines is 2. The third kappa shape index (κ3) is 3.40. The Kier molecular flexibility index (Phi) is 4.16. The first kappa shape index (κ1) is 14.0. The Morgan fingerprint density at radius 1 is 1.19 bits per heavy atom. The molecule has 0 saturated carbocycles. The minimum atomic E-state index is -0.286. The van der Waals surface area contributed by atoms with Gasteiger partial charge in [-0.25, -0.2) is 10.2 Å². The van der Waals surface area contributed by atoms with Gasteiger partial charge in [-0.3, -0.25) is 5.43 Å². The van der Waals surface area contributed by atoms with E-state index in [1.165, 1.54) is 23.9 Å². The molecule has 2 heterocycles. The van der Waals surface area contributed by atoms with Crippen LogP contribution in [0.1, 0.15) is 12.8 Å². The van der Waals surface area contributed by atoms with E-state index in [9.17, 15) is 4.39 Å². The Morgan fingerprint density at radius 3 is 2.71 bits per heavy atom. The number of rotatable bonds is 4. The fourth-order valence-electron chi connectivity index (χ4n) is 2.15. The van der Waals surface area contributed by atoms with Crippen molar-refractivity contribution in [2.75, 3.05) is 23.4 Å². The lowest BCUT2D eigenvalue weighted by Gasteiger charge is -2.16. The number of benzene rings is 1. The molecule has 8 heteroatoms. The van der Waals surface area contributed by atoms with Gasteiger partial charge in [0.25, 0.3) is 0 Å². The molecule has 0 aliphatic carbocycles. The molecule has 1 aliphatic rings. The van der Waals surface area contributed by atoms with Gasteiger partial charge in [-0.15, -0.1) is 0 Å². The molecule has 21 heavy (non-hydrogen) atoms. The predicted molar refractivity (Wildman–Crippen MR) is 79.6 cm³/mol. The maximum absolute atomic E-state index is 13.2. The smallest absolute Gasteiger partial charge is 0.242 e. The zero-order valence-electron chi connectivity index (χ0n) is 11.3. The van der Waals surface area contributed by atoms with Crippen molar-refractivity contribution >= 4 is 23.7 Å². The molecule has 1 fully saturated rings. The molecule has 0 atom stereocenters. The van der Waals surface area contributed by atoms with Crippen molar-refractivity contribution in [2.45, 2.75) is 22.9 Å². The summed E-state index contributed by atoms with van der Waals surface area (Å²) in [6, 6.07) is 6.31. The van der Waals surface area contributed by atoms with Crippen LogP contribution in [0.15, 0.2) is 34.3 Å². The van der Waals surface area contributed by atoms with Crippen molar-refractivity contribution in [3.05, 3.63) is 30.1 Å². The number of hydrogen-bond donors (Lipinski definition) is 2. The minimum Gasteiger partial charge on any atom is -0.341 e. The summed E-state index contributed by atoms with van der Waals surface area (Å²) >= 11 is 1.28. The van der Waals surface area contributed by atoms with E-state index in [0.717, 1.165) is 30.8 Å². The van der Waals surface area contributed by atoms with Crippen LogP contribution < -0.4 is 16.2 Å². The summed E-state index contributed by atoms with van der Waals surface area (Å²) in [6.07, 6.45) is 2.26. The number of halogens is 1. The monoisotopic (exact) mass is 306 g/mol. The molecule has 0 amide bonds. The van der Waals surface area contributed by atoms with E-state index in [-0.39, 0.29) is 5.82 Å².